The summed E-state index contributed by atoms with van der Waals surface area (Å²) in [6, 6.07) is 6.48. The lowest BCUT2D eigenvalue weighted by molar-refractivity contribution is -0.148. The van der Waals surface area contributed by atoms with Crippen molar-refractivity contribution in [1.29, 1.82) is 0 Å². The fourth-order valence-corrected chi connectivity index (χ4v) is 2.60. The van der Waals surface area contributed by atoms with Gasteiger partial charge in [0.15, 0.2) is 0 Å². The summed E-state index contributed by atoms with van der Waals surface area (Å²) in [6.07, 6.45) is 1.32. The van der Waals surface area contributed by atoms with Crippen LogP contribution in [0.25, 0.3) is 0 Å². The van der Waals surface area contributed by atoms with Gasteiger partial charge in [-0.1, -0.05) is 19.1 Å². The molecular formula is C14H18FNO2. The Hall–Kier alpha value is -1.42. The summed E-state index contributed by atoms with van der Waals surface area (Å²) in [5.74, 6) is -0.960. The zero-order valence-corrected chi connectivity index (χ0v) is 10.5. The van der Waals surface area contributed by atoms with Gasteiger partial charge in [0.2, 0.25) is 0 Å². The average Bonchev–Trinajstić information content (AvgIpc) is 2.74. The molecule has 0 saturated carbocycles. The molecule has 0 amide bonds. The number of hydrogen-bond acceptors (Lipinski definition) is 2. The van der Waals surface area contributed by atoms with Crippen molar-refractivity contribution in [3.05, 3.63) is 35.6 Å². The van der Waals surface area contributed by atoms with Crippen molar-refractivity contribution >= 4 is 5.97 Å². The fourth-order valence-electron chi connectivity index (χ4n) is 2.60. The lowest BCUT2D eigenvalue weighted by atomic mass is 9.84. The standard InChI is InChI=1S/C14H18FNO2/c1-2-14(13(17)18)6-7-16(10-14)9-11-4-3-5-12(15)8-11/h3-5,8H,2,6-7,9-10H2,1H3,(H,17,18). The van der Waals surface area contributed by atoms with Crippen LogP contribution in [0.1, 0.15) is 25.3 Å². The molecule has 18 heavy (non-hydrogen) atoms. The van der Waals surface area contributed by atoms with E-state index >= 15 is 0 Å². The molecule has 1 fully saturated rings. The molecule has 98 valence electrons. The highest BCUT2D eigenvalue weighted by Gasteiger charge is 2.42. The number of carbonyl (C=O) groups is 1. The zero-order chi connectivity index (χ0) is 13.2. The minimum absolute atomic E-state index is 0.244. The van der Waals surface area contributed by atoms with E-state index in [0.29, 0.717) is 25.9 Å². The summed E-state index contributed by atoms with van der Waals surface area (Å²) in [5, 5.41) is 9.31. The maximum Gasteiger partial charge on any atom is 0.310 e. The second-order valence-electron chi connectivity index (χ2n) is 5.03. The van der Waals surface area contributed by atoms with Crippen LogP contribution in [0.5, 0.6) is 0 Å². The number of hydrogen-bond donors (Lipinski definition) is 1. The summed E-state index contributed by atoms with van der Waals surface area (Å²) in [5.41, 5.74) is 0.278. The number of carboxylic acid groups (broad SMARTS) is 1. The number of halogens is 1. The molecule has 0 aliphatic carbocycles. The maximum atomic E-state index is 13.1. The molecule has 1 heterocycles. The monoisotopic (exact) mass is 251 g/mol. The number of nitrogens with zero attached hydrogens (tertiary/aromatic N) is 1. The third kappa shape index (κ3) is 2.53. The van der Waals surface area contributed by atoms with Crippen LogP contribution in [0.3, 0.4) is 0 Å². The van der Waals surface area contributed by atoms with Crippen molar-refractivity contribution in [3.8, 4) is 0 Å². The molecule has 0 aromatic heterocycles. The van der Waals surface area contributed by atoms with E-state index in [1.54, 1.807) is 6.07 Å². The Balaban J connectivity index is 2.03. The lowest BCUT2D eigenvalue weighted by Gasteiger charge is -2.23. The molecule has 0 spiro atoms. The Morgan fingerprint density at radius 2 is 2.33 bits per heavy atom. The second kappa shape index (κ2) is 5.06. The van der Waals surface area contributed by atoms with Gasteiger partial charge in [0.1, 0.15) is 5.82 Å². The van der Waals surface area contributed by atoms with Gasteiger partial charge in [-0.15, -0.1) is 0 Å². The van der Waals surface area contributed by atoms with E-state index in [0.717, 1.165) is 12.1 Å². The van der Waals surface area contributed by atoms with E-state index in [1.807, 2.05) is 13.0 Å². The molecule has 1 atom stereocenters. The summed E-state index contributed by atoms with van der Waals surface area (Å²) in [4.78, 5) is 13.4. The van der Waals surface area contributed by atoms with E-state index in [1.165, 1.54) is 12.1 Å². The largest absolute Gasteiger partial charge is 0.481 e. The first-order valence-electron chi connectivity index (χ1n) is 6.26. The molecule has 3 nitrogen and oxygen atoms in total. The molecule has 1 unspecified atom stereocenters. The van der Waals surface area contributed by atoms with Crippen LogP contribution < -0.4 is 0 Å². The first-order valence-corrected chi connectivity index (χ1v) is 6.26. The van der Waals surface area contributed by atoms with Gasteiger partial charge in [0, 0.05) is 13.1 Å². The first-order chi connectivity index (χ1) is 8.55. The highest BCUT2D eigenvalue weighted by molar-refractivity contribution is 5.75. The molecule has 1 aromatic rings. The normalized spacial score (nSPS) is 24.3. The molecule has 4 heteroatoms. The molecule has 1 N–H and O–H groups in total. The predicted octanol–water partition coefficient (Wildman–Crippen LogP) is 2.51. The molecule has 1 aromatic carbocycles. The van der Waals surface area contributed by atoms with Gasteiger partial charge in [0.25, 0.3) is 0 Å². The third-order valence-electron chi connectivity index (χ3n) is 3.86. The zero-order valence-electron chi connectivity index (χ0n) is 10.5. The highest BCUT2D eigenvalue weighted by atomic mass is 19.1. The van der Waals surface area contributed by atoms with Crippen molar-refractivity contribution in [1.82, 2.24) is 4.90 Å². The quantitative estimate of drug-likeness (QED) is 0.894. The summed E-state index contributed by atoms with van der Waals surface area (Å²) < 4.78 is 13.1. The maximum absolute atomic E-state index is 13.1. The van der Waals surface area contributed by atoms with Gasteiger partial charge >= 0.3 is 5.97 Å². The summed E-state index contributed by atoms with van der Waals surface area (Å²) in [7, 11) is 0. The molecule has 1 saturated heterocycles. The minimum atomic E-state index is -0.716. The summed E-state index contributed by atoms with van der Waals surface area (Å²) in [6.45, 7) is 3.85. The van der Waals surface area contributed by atoms with Gasteiger partial charge < -0.3 is 5.11 Å². The van der Waals surface area contributed by atoms with Gasteiger partial charge in [-0.2, -0.15) is 0 Å². The van der Waals surface area contributed by atoms with E-state index in [4.69, 9.17) is 0 Å². The molecule has 1 aliphatic heterocycles. The topological polar surface area (TPSA) is 40.5 Å². The first kappa shape index (κ1) is 13.0. The third-order valence-corrected chi connectivity index (χ3v) is 3.86. The van der Waals surface area contributed by atoms with E-state index in [2.05, 4.69) is 4.90 Å². The minimum Gasteiger partial charge on any atom is -0.481 e. The fraction of sp³-hybridized carbons (Fsp3) is 0.500. The van der Waals surface area contributed by atoms with Crippen LogP contribution in [0, 0.1) is 11.2 Å². The van der Waals surface area contributed by atoms with E-state index in [9.17, 15) is 14.3 Å². The number of rotatable bonds is 4. The van der Waals surface area contributed by atoms with Crippen molar-refractivity contribution in [2.45, 2.75) is 26.3 Å². The van der Waals surface area contributed by atoms with Crippen LogP contribution in [0.4, 0.5) is 4.39 Å². The van der Waals surface area contributed by atoms with Crippen molar-refractivity contribution in [3.63, 3.8) is 0 Å². The van der Waals surface area contributed by atoms with E-state index < -0.39 is 11.4 Å². The average molecular weight is 251 g/mol. The Morgan fingerprint density at radius 3 is 2.89 bits per heavy atom. The number of carboxylic acids is 1. The SMILES string of the molecule is CCC1(C(=O)O)CCN(Cc2cccc(F)c2)C1. The number of likely N-dealkylation sites (tertiary alicyclic amines) is 1. The van der Waals surface area contributed by atoms with Gasteiger partial charge in [0.05, 0.1) is 5.41 Å². The number of aliphatic carboxylic acids is 1. The van der Waals surface area contributed by atoms with Crippen LogP contribution in [0.2, 0.25) is 0 Å². The number of benzene rings is 1. The Morgan fingerprint density at radius 1 is 1.56 bits per heavy atom. The van der Waals surface area contributed by atoms with Crippen molar-refractivity contribution in [2.24, 2.45) is 5.41 Å². The molecular weight excluding hydrogens is 233 g/mol. The van der Waals surface area contributed by atoms with Gasteiger partial charge in [-0.3, -0.25) is 9.69 Å². The Kier molecular flexibility index (Phi) is 3.66. The Bertz CT molecular complexity index is 449. The molecule has 1 aliphatic rings. The molecule has 0 bridgehead atoms. The molecule has 0 radical (unpaired) electrons. The smallest absolute Gasteiger partial charge is 0.310 e. The summed E-state index contributed by atoms with van der Waals surface area (Å²) >= 11 is 0. The van der Waals surface area contributed by atoms with Crippen LogP contribution >= 0.6 is 0 Å². The highest BCUT2D eigenvalue weighted by Crippen LogP contribution is 2.34. The van der Waals surface area contributed by atoms with Crippen molar-refractivity contribution < 1.29 is 14.3 Å². The Labute approximate surface area is 106 Å². The van der Waals surface area contributed by atoms with Crippen LogP contribution in [-0.4, -0.2) is 29.1 Å². The van der Waals surface area contributed by atoms with Crippen LogP contribution in [0.15, 0.2) is 24.3 Å². The van der Waals surface area contributed by atoms with E-state index in [-0.39, 0.29) is 5.82 Å². The predicted molar refractivity (Wildman–Crippen MR) is 66.7 cm³/mol. The second-order valence-corrected chi connectivity index (χ2v) is 5.03. The van der Waals surface area contributed by atoms with Crippen molar-refractivity contribution in [2.75, 3.05) is 13.1 Å². The lowest BCUT2D eigenvalue weighted by Crippen LogP contribution is -2.33. The van der Waals surface area contributed by atoms with Gasteiger partial charge in [-0.05, 0) is 37.1 Å². The van der Waals surface area contributed by atoms with Gasteiger partial charge in [-0.25, -0.2) is 4.39 Å². The molecule has 2 rings (SSSR count). The van der Waals surface area contributed by atoms with Crippen LogP contribution in [-0.2, 0) is 11.3 Å².